The zero-order valence-electron chi connectivity index (χ0n) is 18.2. The van der Waals surface area contributed by atoms with Gasteiger partial charge in [0.25, 0.3) is 0 Å². The first kappa shape index (κ1) is 26.5. The number of aromatic nitrogens is 3. The van der Waals surface area contributed by atoms with Crippen molar-refractivity contribution in [3.63, 3.8) is 0 Å². The summed E-state index contributed by atoms with van der Waals surface area (Å²) in [5.74, 6) is -2.57. The summed E-state index contributed by atoms with van der Waals surface area (Å²) in [5.41, 5.74) is 7.65. The Kier molecular flexibility index (Phi) is 8.09. The number of halogens is 5. The van der Waals surface area contributed by atoms with E-state index in [-0.39, 0.29) is 11.6 Å². The second-order valence-corrected chi connectivity index (χ2v) is 8.90. The number of alkyl halides is 3. The Balaban J connectivity index is 0.000000429. The van der Waals surface area contributed by atoms with Crippen LogP contribution in [0.15, 0.2) is 28.3 Å². The summed E-state index contributed by atoms with van der Waals surface area (Å²) < 4.78 is 45.7. The number of hydrogen-bond acceptors (Lipinski definition) is 7. The first-order chi connectivity index (χ1) is 16.4. The Morgan fingerprint density at radius 3 is 2.63 bits per heavy atom. The third kappa shape index (κ3) is 6.14. The van der Waals surface area contributed by atoms with Crippen molar-refractivity contribution in [2.75, 3.05) is 18.0 Å². The largest absolute Gasteiger partial charge is 0.490 e. The van der Waals surface area contributed by atoms with Crippen molar-refractivity contribution in [2.24, 2.45) is 5.73 Å². The number of nitrogens with zero attached hydrogens (tertiary/aromatic N) is 4. The fourth-order valence-electron chi connectivity index (χ4n) is 3.32. The molecule has 0 bridgehead atoms. The number of benzene rings is 1. The lowest BCUT2D eigenvalue weighted by molar-refractivity contribution is -0.192. The molecule has 14 heteroatoms. The summed E-state index contributed by atoms with van der Waals surface area (Å²) in [6.07, 6.45) is -3.45. The summed E-state index contributed by atoms with van der Waals surface area (Å²) in [4.78, 5) is 24.2. The SMILES string of the molecule is CCc1[nH]c2nc(Sc3ccc(C#N)c(F)c3)nc(N3CC[C@@H](N)C3)c2c1Cl.O=C(O)C(F)(F)F. The molecule has 4 N–H and O–H groups in total. The van der Waals surface area contributed by atoms with E-state index in [4.69, 9.17) is 37.5 Å². The van der Waals surface area contributed by atoms with Gasteiger partial charge in [-0.1, -0.05) is 18.5 Å². The van der Waals surface area contributed by atoms with Crippen LogP contribution in [0.25, 0.3) is 11.0 Å². The standard InChI is InChI=1S/C19H18ClFN6S.C2HF3O2/c1-2-14-16(20)15-17(24-14)25-19(26-18(15)27-6-5-11(23)9-27)28-12-4-3-10(8-22)13(21)7-12;3-2(4,5)1(6)7/h3-4,7,11H,2,5-6,9,23H2,1H3,(H,24,25,26);(H,6,7)/t11-;/m1./s1. The summed E-state index contributed by atoms with van der Waals surface area (Å²) in [7, 11) is 0. The molecule has 0 saturated carbocycles. The molecule has 8 nitrogen and oxygen atoms in total. The molecule has 3 heterocycles. The average molecular weight is 531 g/mol. The van der Waals surface area contributed by atoms with Gasteiger partial charge in [-0.05, 0) is 42.8 Å². The van der Waals surface area contributed by atoms with Gasteiger partial charge in [-0.25, -0.2) is 19.2 Å². The van der Waals surface area contributed by atoms with Gasteiger partial charge in [-0.2, -0.15) is 18.4 Å². The molecule has 186 valence electrons. The van der Waals surface area contributed by atoms with Gasteiger partial charge in [0.15, 0.2) is 5.16 Å². The number of aliphatic carboxylic acids is 1. The quantitative estimate of drug-likeness (QED) is 0.332. The molecule has 1 atom stereocenters. The molecule has 0 amide bonds. The van der Waals surface area contributed by atoms with Gasteiger partial charge in [-0.3, -0.25) is 0 Å². The summed E-state index contributed by atoms with van der Waals surface area (Å²) in [6.45, 7) is 3.52. The number of rotatable bonds is 4. The van der Waals surface area contributed by atoms with E-state index in [9.17, 15) is 17.6 Å². The van der Waals surface area contributed by atoms with Gasteiger partial charge in [0, 0.05) is 29.7 Å². The molecule has 1 fully saturated rings. The van der Waals surface area contributed by atoms with Crippen molar-refractivity contribution in [3.8, 4) is 6.07 Å². The molecular weight excluding hydrogens is 512 g/mol. The fraction of sp³-hybridized carbons (Fsp3) is 0.333. The Bertz CT molecular complexity index is 1290. The lowest BCUT2D eigenvalue weighted by Gasteiger charge is -2.18. The predicted molar refractivity (Wildman–Crippen MR) is 122 cm³/mol. The Morgan fingerprint density at radius 2 is 2.11 bits per heavy atom. The molecule has 0 spiro atoms. The van der Waals surface area contributed by atoms with E-state index in [1.54, 1.807) is 6.07 Å². The molecule has 35 heavy (non-hydrogen) atoms. The number of aromatic amines is 1. The van der Waals surface area contributed by atoms with Crippen LogP contribution in [0.4, 0.5) is 23.4 Å². The summed E-state index contributed by atoms with van der Waals surface area (Å²) >= 11 is 7.83. The van der Waals surface area contributed by atoms with Crippen molar-refractivity contribution in [1.82, 2.24) is 15.0 Å². The van der Waals surface area contributed by atoms with Gasteiger partial charge in [0.2, 0.25) is 0 Å². The Morgan fingerprint density at radius 1 is 1.43 bits per heavy atom. The van der Waals surface area contributed by atoms with E-state index < -0.39 is 18.0 Å². The molecule has 1 aliphatic rings. The number of aryl methyl sites for hydroxylation is 1. The highest BCUT2D eigenvalue weighted by molar-refractivity contribution is 7.99. The van der Waals surface area contributed by atoms with Crippen molar-refractivity contribution in [1.29, 1.82) is 5.26 Å². The van der Waals surface area contributed by atoms with Crippen molar-refractivity contribution < 1.29 is 27.5 Å². The molecule has 0 radical (unpaired) electrons. The van der Waals surface area contributed by atoms with Crippen LogP contribution in [0, 0.1) is 17.1 Å². The van der Waals surface area contributed by atoms with Gasteiger partial charge in [-0.15, -0.1) is 0 Å². The number of carboxylic acid groups (broad SMARTS) is 1. The highest BCUT2D eigenvalue weighted by Gasteiger charge is 2.38. The van der Waals surface area contributed by atoms with Gasteiger partial charge < -0.3 is 20.7 Å². The lowest BCUT2D eigenvalue weighted by Crippen LogP contribution is -2.27. The van der Waals surface area contributed by atoms with Crippen LogP contribution in [0.1, 0.15) is 24.6 Å². The van der Waals surface area contributed by atoms with Crippen LogP contribution in [-0.4, -0.2) is 51.3 Å². The normalized spacial score (nSPS) is 15.6. The first-order valence-corrected chi connectivity index (χ1v) is 11.4. The third-order valence-corrected chi connectivity index (χ3v) is 6.29. The molecule has 4 rings (SSSR count). The van der Waals surface area contributed by atoms with Crippen LogP contribution in [0.2, 0.25) is 5.02 Å². The zero-order chi connectivity index (χ0) is 25.9. The number of nitriles is 1. The second kappa shape index (κ2) is 10.7. The fourth-order valence-corrected chi connectivity index (χ4v) is 4.46. The molecule has 0 aliphatic carbocycles. The van der Waals surface area contributed by atoms with E-state index in [0.29, 0.717) is 27.3 Å². The molecule has 1 aliphatic heterocycles. The van der Waals surface area contributed by atoms with Crippen LogP contribution in [0.5, 0.6) is 0 Å². The molecule has 2 aromatic heterocycles. The maximum absolute atomic E-state index is 14.0. The Labute approximate surface area is 206 Å². The number of carbonyl (C=O) groups is 1. The maximum atomic E-state index is 14.0. The van der Waals surface area contributed by atoms with E-state index in [1.807, 2.05) is 13.0 Å². The maximum Gasteiger partial charge on any atom is 0.490 e. The summed E-state index contributed by atoms with van der Waals surface area (Å²) in [6, 6.07) is 6.38. The van der Waals surface area contributed by atoms with E-state index in [1.165, 1.54) is 23.9 Å². The monoisotopic (exact) mass is 530 g/mol. The van der Waals surface area contributed by atoms with Crippen LogP contribution >= 0.6 is 23.4 Å². The topological polar surface area (TPSA) is 132 Å². The minimum atomic E-state index is -5.08. The minimum absolute atomic E-state index is 0.0104. The average Bonchev–Trinajstić information content (AvgIpc) is 3.36. The number of nitrogens with one attached hydrogen (secondary N) is 1. The van der Waals surface area contributed by atoms with Gasteiger partial charge >= 0.3 is 12.1 Å². The molecule has 3 aromatic rings. The smallest absolute Gasteiger partial charge is 0.475 e. The second-order valence-electron chi connectivity index (χ2n) is 7.48. The highest BCUT2D eigenvalue weighted by Crippen LogP contribution is 2.37. The van der Waals surface area contributed by atoms with Crippen molar-refractivity contribution in [3.05, 3.63) is 40.3 Å². The number of hydrogen-bond donors (Lipinski definition) is 3. The number of H-pyrrole nitrogens is 1. The van der Waals surface area contributed by atoms with Crippen molar-refractivity contribution in [2.45, 2.75) is 42.0 Å². The predicted octanol–water partition coefficient (Wildman–Crippen LogP) is 4.51. The molecule has 0 unspecified atom stereocenters. The van der Waals surface area contributed by atoms with Crippen LogP contribution < -0.4 is 10.6 Å². The van der Waals surface area contributed by atoms with Gasteiger partial charge in [0.05, 0.1) is 16.0 Å². The Hall–Kier alpha value is -3.08. The highest BCUT2D eigenvalue weighted by atomic mass is 35.5. The van der Waals surface area contributed by atoms with E-state index in [2.05, 4.69) is 14.9 Å². The minimum Gasteiger partial charge on any atom is -0.475 e. The molecule has 1 aromatic carbocycles. The summed E-state index contributed by atoms with van der Waals surface area (Å²) in [5, 5.41) is 17.9. The zero-order valence-corrected chi connectivity index (χ0v) is 19.7. The number of anilines is 1. The van der Waals surface area contributed by atoms with Crippen LogP contribution in [0.3, 0.4) is 0 Å². The lowest BCUT2D eigenvalue weighted by atomic mass is 10.2. The molecular formula is C21H19ClF4N6O2S. The first-order valence-electron chi connectivity index (χ1n) is 10.2. The number of nitrogens with two attached hydrogens (primary N) is 1. The van der Waals surface area contributed by atoms with E-state index >= 15 is 0 Å². The van der Waals surface area contributed by atoms with Gasteiger partial charge in [0.1, 0.15) is 23.4 Å². The van der Waals surface area contributed by atoms with Crippen LogP contribution in [-0.2, 0) is 11.2 Å². The molecule has 1 saturated heterocycles. The number of fused-ring (bicyclic) bond motifs is 1. The van der Waals surface area contributed by atoms with Crippen molar-refractivity contribution >= 4 is 46.2 Å². The van der Waals surface area contributed by atoms with E-state index in [0.717, 1.165) is 36.3 Å². The third-order valence-electron chi connectivity index (χ3n) is 5.01. The number of carboxylic acids is 1.